The number of rotatable bonds is 2. The number of fused-ring (bicyclic) bond motifs is 1. The quantitative estimate of drug-likeness (QED) is 0.847. The number of benzene rings is 1. The van der Waals surface area contributed by atoms with Crippen LogP contribution in [0.1, 0.15) is 25.3 Å². The normalized spacial score (nSPS) is 17.2. The molecule has 1 aliphatic rings. The molecule has 1 N–H and O–H groups in total. The summed E-state index contributed by atoms with van der Waals surface area (Å²) in [5.74, 6) is -1.08. The van der Waals surface area contributed by atoms with Crippen LogP contribution < -0.4 is 4.90 Å². The number of carbonyl (C=O) groups excluding carboxylic acids is 1. The van der Waals surface area contributed by atoms with E-state index < -0.39 is 12.0 Å². The molecule has 0 saturated heterocycles. The van der Waals surface area contributed by atoms with Gasteiger partial charge in [-0.2, -0.15) is 0 Å². The Bertz CT molecular complexity index is 456. The van der Waals surface area contributed by atoms with Gasteiger partial charge in [-0.25, -0.2) is 4.79 Å². The minimum atomic E-state index is -0.977. The van der Waals surface area contributed by atoms with Crippen LogP contribution in [0.4, 0.5) is 5.69 Å². The van der Waals surface area contributed by atoms with Crippen LogP contribution in [0.2, 0.25) is 0 Å². The van der Waals surface area contributed by atoms with E-state index in [9.17, 15) is 9.59 Å². The van der Waals surface area contributed by atoms with Crippen molar-refractivity contribution in [2.24, 2.45) is 0 Å². The summed E-state index contributed by atoms with van der Waals surface area (Å²) in [4.78, 5) is 24.5. The number of carboxylic acid groups (broad SMARTS) is 1. The molecule has 1 amide bonds. The molecule has 0 spiro atoms. The van der Waals surface area contributed by atoms with E-state index in [-0.39, 0.29) is 5.91 Å². The van der Waals surface area contributed by atoms with Crippen molar-refractivity contribution in [3.05, 3.63) is 29.8 Å². The summed E-state index contributed by atoms with van der Waals surface area (Å²) in [6.45, 7) is 1.54. The molecule has 1 aliphatic heterocycles. The lowest BCUT2D eigenvalue weighted by Gasteiger charge is -2.26. The Balaban J connectivity index is 2.47. The first-order valence-corrected chi connectivity index (χ1v) is 5.74. The Kier molecular flexibility index (Phi) is 3.13. The van der Waals surface area contributed by atoms with Gasteiger partial charge in [-0.3, -0.25) is 9.69 Å². The first-order valence-electron chi connectivity index (χ1n) is 5.74. The summed E-state index contributed by atoms with van der Waals surface area (Å²) < 4.78 is 0. The Morgan fingerprint density at radius 3 is 2.76 bits per heavy atom. The zero-order chi connectivity index (χ0) is 12.4. The molecule has 17 heavy (non-hydrogen) atoms. The smallest absolute Gasteiger partial charge is 0.326 e. The topological polar surface area (TPSA) is 57.6 Å². The van der Waals surface area contributed by atoms with Gasteiger partial charge in [0, 0.05) is 12.1 Å². The number of hydrogen-bond donors (Lipinski definition) is 1. The zero-order valence-corrected chi connectivity index (χ0v) is 9.72. The van der Waals surface area contributed by atoms with Crippen LogP contribution in [-0.2, 0) is 16.0 Å². The number of hydrogen-bond acceptors (Lipinski definition) is 2. The van der Waals surface area contributed by atoms with Crippen molar-refractivity contribution in [3.8, 4) is 0 Å². The van der Waals surface area contributed by atoms with Crippen LogP contribution in [0, 0.1) is 0 Å². The maximum atomic E-state index is 12.0. The molecule has 2 rings (SSSR count). The summed E-state index contributed by atoms with van der Waals surface area (Å²) in [5, 5.41) is 9.08. The molecule has 0 saturated carbocycles. The van der Waals surface area contributed by atoms with Crippen molar-refractivity contribution >= 4 is 17.6 Å². The molecule has 0 aliphatic carbocycles. The number of aliphatic carboxylic acids is 1. The fourth-order valence-corrected chi connectivity index (χ4v) is 2.18. The second kappa shape index (κ2) is 4.57. The fourth-order valence-electron chi connectivity index (χ4n) is 2.18. The predicted molar refractivity (Wildman–Crippen MR) is 64.0 cm³/mol. The van der Waals surface area contributed by atoms with Crippen molar-refractivity contribution in [2.45, 2.75) is 32.2 Å². The standard InChI is InChI=1S/C13H15NO3/c1-9(13(16)17)14-11-7-3-2-5-10(11)6-4-8-12(14)15/h2-3,5,7,9H,4,6,8H2,1H3,(H,16,17). The number of anilines is 1. The molecule has 0 radical (unpaired) electrons. The van der Waals surface area contributed by atoms with Crippen LogP contribution in [0.3, 0.4) is 0 Å². The monoisotopic (exact) mass is 233 g/mol. The average molecular weight is 233 g/mol. The van der Waals surface area contributed by atoms with E-state index in [1.165, 1.54) is 4.90 Å². The maximum Gasteiger partial charge on any atom is 0.326 e. The fraction of sp³-hybridized carbons (Fsp3) is 0.385. The predicted octanol–water partition coefficient (Wildman–Crippen LogP) is 1.83. The molecular formula is C13H15NO3. The van der Waals surface area contributed by atoms with Crippen molar-refractivity contribution in [2.75, 3.05) is 4.90 Å². The first-order chi connectivity index (χ1) is 8.11. The van der Waals surface area contributed by atoms with Gasteiger partial charge in [0.05, 0.1) is 0 Å². The number of nitrogens with zero attached hydrogens (tertiary/aromatic N) is 1. The minimum Gasteiger partial charge on any atom is -0.480 e. The van der Waals surface area contributed by atoms with Gasteiger partial charge in [-0.1, -0.05) is 18.2 Å². The third-order valence-corrected chi connectivity index (χ3v) is 3.10. The van der Waals surface area contributed by atoms with E-state index in [1.807, 2.05) is 24.3 Å². The molecule has 90 valence electrons. The number of para-hydroxylation sites is 1. The maximum absolute atomic E-state index is 12.0. The average Bonchev–Trinajstić information content (AvgIpc) is 2.46. The first kappa shape index (κ1) is 11.6. The van der Waals surface area contributed by atoms with Crippen molar-refractivity contribution in [1.82, 2.24) is 0 Å². The summed E-state index contributed by atoms with van der Waals surface area (Å²) in [6.07, 6.45) is 2.01. The van der Waals surface area contributed by atoms with Gasteiger partial charge in [0.15, 0.2) is 0 Å². The SMILES string of the molecule is CC(C(=O)O)N1C(=O)CCCc2ccccc21. The molecule has 1 aromatic rings. The third kappa shape index (κ3) is 2.16. The van der Waals surface area contributed by atoms with Crippen LogP contribution in [0.25, 0.3) is 0 Å². The second-order valence-electron chi connectivity index (χ2n) is 4.26. The van der Waals surface area contributed by atoms with E-state index >= 15 is 0 Å². The highest BCUT2D eigenvalue weighted by molar-refractivity contribution is 6.00. The van der Waals surface area contributed by atoms with E-state index in [0.29, 0.717) is 6.42 Å². The Hall–Kier alpha value is -1.84. The Morgan fingerprint density at radius 2 is 2.06 bits per heavy atom. The summed E-state index contributed by atoms with van der Waals surface area (Å²) in [6, 6.07) is 6.70. The molecule has 0 bridgehead atoms. The van der Waals surface area contributed by atoms with Gasteiger partial charge in [-0.05, 0) is 31.4 Å². The lowest BCUT2D eigenvalue weighted by molar-refractivity contribution is -0.139. The lowest BCUT2D eigenvalue weighted by Crippen LogP contribution is -2.43. The van der Waals surface area contributed by atoms with Gasteiger partial charge in [0.1, 0.15) is 6.04 Å². The van der Waals surface area contributed by atoms with Crippen molar-refractivity contribution < 1.29 is 14.7 Å². The summed E-state index contributed by atoms with van der Waals surface area (Å²) >= 11 is 0. The molecule has 1 unspecified atom stereocenters. The number of amides is 1. The van der Waals surface area contributed by atoms with Crippen LogP contribution in [0.5, 0.6) is 0 Å². The van der Waals surface area contributed by atoms with Crippen molar-refractivity contribution in [3.63, 3.8) is 0 Å². The zero-order valence-electron chi connectivity index (χ0n) is 9.72. The van der Waals surface area contributed by atoms with Gasteiger partial charge in [0.2, 0.25) is 5.91 Å². The second-order valence-corrected chi connectivity index (χ2v) is 4.26. The molecule has 1 atom stereocenters. The molecule has 0 aromatic heterocycles. The van der Waals surface area contributed by atoms with Gasteiger partial charge >= 0.3 is 5.97 Å². The highest BCUT2D eigenvalue weighted by Crippen LogP contribution is 2.28. The molecule has 4 heteroatoms. The van der Waals surface area contributed by atoms with Gasteiger partial charge in [-0.15, -0.1) is 0 Å². The third-order valence-electron chi connectivity index (χ3n) is 3.10. The van der Waals surface area contributed by atoms with E-state index in [4.69, 9.17) is 5.11 Å². The van der Waals surface area contributed by atoms with E-state index in [1.54, 1.807) is 6.92 Å². The minimum absolute atomic E-state index is 0.107. The molecular weight excluding hydrogens is 218 g/mol. The highest BCUT2D eigenvalue weighted by Gasteiger charge is 2.29. The van der Waals surface area contributed by atoms with Crippen LogP contribution in [-0.4, -0.2) is 23.0 Å². The van der Waals surface area contributed by atoms with Crippen LogP contribution in [0.15, 0.2) is 24.3 Å². The van der Waals surface area contributed by atoms with Crippen molar-refractivity contribution in [1.29, 1.82) is 0 Å². The largest absolute Gasteiger partial charge is 0.480 e. The number of carbonyl (C=O) groups is 2. The Morgan fingerprint density at radius 1 is 1.35 bits per heavy atom. The lowest BCUT2D eigenvalue weighted by atomic mass is 10.1. The molecule has 1 aromatic carbocycles. The van der Waals surface area contributed by atoms with E-state index in [0.717, 1.165) is 24.1 Å². The van der Waals surface area contributed by atoms with Crippen LogP contribution >= 0.6 is 0 Å². The van der Waals surface area contributed by atoms with Gasteiger partial charge < -0.3 is 5.11 Å². The molecule has 0 fully saturated rings. The van der Waals surface area contributed by atoms with Gasteiger partial charge in [0.25, 0.3) is 0 Å². The van der Waals surface area contributed by atoms with E-state index in [2.05, 4.69) is 0 Å². The number of carboxylic acids is 1. The highest BCUT2D eigenvalue weighted by atomic mass is 16.4. The molecule has 1 heterocycles. The summed E-state index contributed by atoms with van der Waals surface area (Å²) in [5.41, 5.74) is 1.79. The summed E-state index contributed by atoms with van der Waals surface area (Å²) in [7, 11) is 0. The molecule has 4 nitrogen and oxygen atoms in total. The Labute approximate surface area is 99.9 Å². The number of aryl methyl sites for hydroxylation is 1.